The Labute approximate surface area is 187 Å². The molecule has 0 atom stereocenters. The molecule has 6 heteroatoms. The Morgan fingerprint density at radius 1 is 1.09 bits per heavy atom. The summed E-state index contributed by atoms with van der Waals surface area (Å²) in [4.78, 5) is 16.4. The van der Waals surface area contributed by atoms with E-state index < -0.39 is 11.7 Å². The van der Waals surface area contributed by atoms with Crippen LogP contribution in [-0.2, 0) is 4.74 Å². The van der Waals surface area contributed by atoms with Crippen molar-refractivity contribution in [3.05, 3.63) is 78.6 Å². The van der Waals surface area contributed by atoms with Crippen molar-refractivity contribution < 1.29 is 9.53 Å². The van der Waals surface area contributed by atoms with Crippen LogP contribution in [0.2, 0.25) is 0 Å². The lowest BCUT2D eigenvalue weighted by molar-refractivity contribution is 0.0635. The minimum absolute atomic E-state index is 0.427. The van der Waals surface area contributed by atoms with Crippen molar-refractivity contribution in [2.75, 3.05) is 5.32 Å². The Kier molecular flexibility index (Phi) is 5.53. The van der Waals surface area contributed by atoms with Crippen LogP contribution in [0.4, 0.5) is 10.6 Å². The molecule has 0 aliphatic carbocycles. The van der Waals surface area contributed by atoms with Gasteiger partial charge in [-0.25, -0.2) is 14.5 Å². The van der Waals surface area contributed by atoms with E-state index >= 15 is 0 Å². The van der Waals surface area contributed by atoms with Gasteiger partial charge in [-0.3, -0.25) is 5.32 Å². The topological polar surface area (TPSA) is 69.0 Å². The molecule has 0 saturated heterocycles. The lowest BCUT2D eigenvalue weighted by Crippen LogP contribution is -2.27. The summed E-state index contributed by atoms with van der Waals surface area (Å²) in [6.45, 7) is 11.4. The second-order valence-electron chi connectivity index (χ2n) is 8.63. The maximum atomic E-state index is 12.1. The van der Waals surface area contributed by atoms with Crippen molar-refractivity contribution in [2.24, 2.45) is 0 Å². The van der Waals surface area contributed by atoms with Gasteiger partial charge in [0.05, 0.1) is 16.9 Å². The number of carbonyl (C=O) groups is 1. The number of benzene rings is 2. The SMILES string of the molecule is C=Cc1nn(-c2cccc(C)c2)c2cc(-c3ccnc(NC(=O)OC(C)(C)C)c3)ccc12. The molecule has 0 fully saturated rings. The molecular formula is C26H26N4O2. The van der Waals surface area contributed by atoms with Gasteiger partial charge < -0.3 is 4.74 Å². The summed E-state index contributed by atoms with van der Waals surface area (Å²) in [6, 6.07) is 18.1. The molecule has 4 aromatic rings. The van der Waals surface area contributed by atoms with Gasteiger partial charge in [0.15, 0.2) is 0 Å². The molecule has 0 radical (unpaired) electrons. The number of pyridine rings is 1. The second-order valence-corrected chi connectivity index (χ2v) is 8.63. The first-order valence-corrected chi connectivity index (χ1v) is 10.4. The van der Waals surface area contributed by atoms with Crippen molar-refractivity contribution in [1.29, 1.82) is 0 Å². The largest absolute Gasteiger partial charge is 0.444 e. The van der Waals surface area contributed by atoms with E-state index in [1.165, 1.54) is 0 Å². The van der Waals surface area contributed by atoms with Crippen molar-refractivity contribution >= 4 is 28.9 Å². The Morgan fingerprint density at radius 2 is 1.88 bits per heavy atom. The van der Waals surface area contributed by atoms with Gasteiger partial charge in [-0.2, -0.15) is 5.10 Å². The molecule has 0 saturated carbocycles. The normalized spacial score (nSPS) is 11.4. The lowest BCUT2D eigenvalue weighted by atomic mass is 10.0. The molecule has 32 heavy (non-hydrogen) atoms. The predicted octanol–water partition coefficient (Wildman–Crippen LogP) is 6.39. The first-order chi connectivity index (χ1) is 15.2. The molecular weight excluding hydrogens is 400 g/mol. The number of hydrogen-bond donors (Lipinski definition) is 1. The van der Waals surface area contributed by atoms with Gasteiger partial charge in [0.1, 0.15) is 11.4 Å². The van der Waals surface area contributed by atoms with Crippen LogP contribution in [0, 0.1) is 6.92 Å². The minimum Gasteiger partial charge on any atom is -0.444 e. The standard InChI is InChI=1S/C26H26N4O2/c1-6-22-21-11-10-18(15-23(21)30(29-22)20-9-7-8-17(2)14-20)19-12-13-27-24(16-19)28-25(31)32-26(3,4)5/h6-16H,1H2,2-5H3,(H,27,28,31). The number of fused-ring (bicyclic) bond motifs is 1. The molecule has 4 rings (SSSR count). The van der Waals surface area contributed by atoms with Crippen molar-refractivity contribution in [3.63, 3.8) is 0 Å². The molecule has 1 N–H and O–H groups in total. The van der Waals surface area contributed by atoms with Gasteiger partial charge in [0.25, 0.3) is 0 Å². The maximum Gasteiger partial charge on any atom is 0.413 e. The van der Waals surface area contributed by atoms with E-state index in [0.717, 1.165) is 39.0 Å². The monoisotopic (exact) mass is 426 g/mol. The molecule has 0 aliphatic rings. The van der Waals surface area contributed by atoms with E-state index in [0.29, 0.717) is 5.82 Å². The third kappa shape index (κ3) is 4.54. The summed E-state index contributed by atoms with van der Waals surface area (Å²) in [7, 11) is 0. The molecule has 2 aromatic carbocycles. The van der Waals surface area contributed by atoms with Crippen LogP contribution in [0.1, 0.15) is 32.0 Å². The number of nitrogens with zero attached hydrogens (tertiary/aromatic N) is 3. The van der Waals surface area contributed by atoms with Gasteiger partial charge >= 0.3 is 6.09 Å². The second kappa shape index (κ2) is 8.30. The van der Waals surface area contributed by atoms with Crippen LogP contribution < -0.4 is 5.32 Å². The van der Waals surface area contributed by atoms with Gasteiger partial charge in [0, 0.05) is 11.6 Å². The average Bonchev–Trinajstić information content (AvgIpc) is 3.10. The maximum absolute atomic E-state index is 12.1. The molecule has 2 aromatic heterocycles. The summed E-state index contributed by atoms with van der Waals surface area (Å²) in [5, 5.41) is 8.48. The highest BCUT2D eigenvalue weighted by Gasteiger charge is 2.17. The third-order valence-electron chi connectivity index (χ3n) is 4.87. The van der Waals surface area contributed by atoms with Crippen molar-refractivity contribution in [1.82, 2.24) is 14.8 Å². The third-order valence-corrected chi connectivity index (χ3v) is 4.87. The molecule has 2 heterocycles. The van der Waals surface area contributed by atoms with Crippen molar-refractivity contribution in [3.8, 4) is 16.8 Å². The zero-order valence-electron chi connectivity index (χ0n) is 18.7. The number of hydrogen-bond acceptors (Lipinski definition) is 4. The molecule has 0 spiro atoms. The van der Waals surface area contributed by atoms with Gasteiger partial charge in [0.2, 0.25) is 0 Å². The van der Waals surface area contributed by atoms with Crippen LogP contribution in [0.25, 0.3) is 33.8 Å². The zero-order valence-corrected chi connectivity index (χ0v) is 18.7. The number of nitrogens with one attached hydrogen (secondary N) is 1. The van der Waals surface area contributed by atoms with E-state index in [1.54, 1.807) is 12.3 Å². The minimum atomic E-state index is -0.580. The number of ether oxygens (including phenoxy) is 1. The molecule has 6 nitrogen and oxygen atoms in total. The van der Waals surface area contributed by atoms with E-state index in [4.69, 9.17) is 9.84 Å². The highest BCUT2D eigenvalue weighted by Crippen LogP contribution is 2.29. The fourth-order valence-electron chi connectivity index (χ4n) is 3.51. The predicted molar refractivity (Wildman–Crippen MR) is 129 cm³/mol. The Balaban J connectivity index is 1.74. The highest BCUT2D eigenvalue weighted by molar-refractivity contribution is 5.92. The summed E-state index contributed by atoms with van der Waals surface area (Å²) < 4.78 is 7.26. The van der Waals surface area contributed by atoms with E-state index in [2.05, 4.69) is 42.0 Å². The highest BCUT2D eigenvalue weighted by atomic mass is 16.6. The van der Waals surface area contributed by atoms with Crippen LogP contribution in [-0.4, -0.2) is 26.5 Å². The van der Waals surface area contributed by atoms with Crippen LogP contribution in [0.3, 0.4) is 0 Å². The number of aryl methyl sites for hydroxylation is 1. The first-order valence-electron chi connectivity index (χ1n) is 10.4. The van der Waals surface area contributed by atoms with Crippen LogP contribution in [0.5, 0.6) is 0 Å². The number of carbonyl (C=O) groups excluding carboxylic acids is 1. The number of anilines is 1. The summed E-state index contributed by atoms with van der Waals surface area (Å²) >= 11 is 0. The fourth-order valence-corrected chi connectivity index (χ4v) is 3.51. The Hall–Kier alpha value is -3.93. The number of rotatable bonds is 4. The first kappa shape index (κ1) is 21.3. The van der Waals surface area contributed by atoms with E-state index in [-0.39, 0.29) is 0 Å². The van der Waals surface area contributed by atoms with Gasteiger partial charge in [-0.05, 0) is 86.9 Å². The van der Waals surface area contributed by atoms with Gasteiger partial charge in [-0.1, -0.05) is 24.8 Å². The van der Waals surface area contributed by atoms with Crippen LogP contribution in [0.15, 0.2) is 67.4 Å². The van der Waals surface area contributed by atoms with E-state index in [9.17, 15) is 4.79 Å². The zero-order chi connectivity index (χ0) is 22.9. The van der Waals surface area contributed by atoms with Gasteiger partial charge in [-0.15, -0.1) is 0 Å². The quantitative estimate of drug-likeness (QED) is 0.411. The number of aromatic nitrogens is 3. The molecule has 162 valence electrons. The fraction of sp³-hybridized carbons (Fsp3) is 0.192. The lowest BCUT2D eigenvalue weighted by Gasteiger charge is -2.19. The summed E-state index contributed by atoms with van der Waals surface area (Å²) in [6.07, 6.45) is 2.90. The molecule has 1 amide bonds. The Bertz CT molecular complexity index is 1320. The smallest absolute Gasteiger partial charge is 0.413 e. The Morgan fingerprint density at radius 3 is 2.59 bits per heavy atom. The average molecular weight is 427 g/mol. The molecule has 0 bridgehead atoms. The molecule has 0 aliphatic heterocycles. The van der Waals surface area contributed by atoms with Crippen LogP contribution >= 0.6 is 0 Å². The van der Waals surface area contributed by atoms with Crippen molar-refractivity contribution in [2.45, 2.75) is 33.3 Å². The molecule has 0 unspecified atom stereocenters. The summed E-state index contributed by atoms with van der Waals surface area (Å²) in [5.41, 5.74) is 5.28. The number of amides is 1. The van der Waals surface area contributed by atoms with E-state index in [1.807, 2.05) is 61.9 Å². The summed E-state index contributed by atoms with van der Waals surface area (Å²) in [5.74, 6) is 0.427.